The molecule has 32 heavy (non-hydrogen) atoms. The van der Waals surface area contributed by atoms with Crippen molar-refractivity contribution < 1.29 is 9.59 Å². The molecule has 0 atom stereocenters. The Morgan fingerprint density at radius 1 is 0.625 bits per heavy atom. The van der Waals surface area contributed by atoms with Crippen LogP contribution in [0.5, 0.6) is 0 Å². The normalized spacial score (nSPS) is 10.9. The van der Waals surface area contributed by atoms with E-state index in [9.17, 15) is 9.59 Å². The summed E-state index contributed by atoms with van der Waals surface area (Å²) in [6.07, 6.45) is 6.63. The van der Waals surface area contributed by atoms with E-state index < -0.39 is 0 Å². The number of rotatable bonds is 10. The minimum atomic E-state index is -0.0705. The predicted molar refractivity (Wildman–Crippen MR) is 139 cm³/mol. The van der Waals surface area contributed by atoms with Gasteiger partial charge in [0, 0.05) is 31.2 Å². The van der Waals surface area contributed by atoms with Gasteiger partial charge in [-0.05, 0) is 48.9 Å². The van der Waals surface area contributed by atoms with Gasteiger partial charge in [-0.1, -0.05) is 107 Å². The fourth-order valence-corrected chi connectivity index (χ4v) is 4.66. The maximum absolute atomic E-state index is 13.1. The van der Waals surface area contributed by atoms with E-state index in [1.165, 1.54) is 11.1 Å². The molecule has 0 amide bonds. The van der Waals surface area contributed by atoms with E-state index >= 15 is 0 Å². The Bertz CT molecular complexity index is 994. The van der Waals surface area contributed by atoms with Gasteiger partial charge in [-0.3, -0.25) is 9.59 Å². The second kappa shape index (κ2) is 11.7. The lowest BCUT2D eigenvalue weighted by atomic mass is 9.97. The molecule has 0 aromatic heterocycles. The highest BCUT2D eigenvalue weighted by Gasteiger charge is 2.19. The molecule has 0 spiro atoms. The van der Waals surface area contributed by atoms with Gasteiger partial charge in [0.05, 0.1) is 0 Å². The van der Waals surface area contributed by atoms with E-state index in [1.54, 1.807) is 12.1 Å². The summed E-state index contributed by atoms with van der Waals surface area (Å²) >= 11 is 7.03. The third kappa shape index (κ3) is 6.05. The van der Waals surface area contributed by atoms with Crippen LogP contribution in [0.2, 0.25) is 0 Å². The molecule has 0 bridgehead atoms. The van der Waals surface area contributed by atoms with Gasteiger partial charge in [-0.15, -0.1) is 0 Å². The van der Waals surface area contributed by atoms with Crippen LogP contribution in [0.15, 0.2) is 69.6 Å². The van der Waals surface area contributed by atoms with Crippen molar-refractivity contribution in [3.63, 3.8) is 0 Å². The summed E-state index contributed by atoms with van der Waals surface area (Å²) in [6.45, 7) is 4.34. The highest BCUT2D eigenvalue weighted by atomic mass is 79.9. The molecular weight excluding hydrogens is 528 g/mol. The third-order valence-corrected chi connectivity index (χ3v) is 6.93. The zero-order chi connectivity index (χ0) is 23.1. The Balaban J connectivity index is 1.81. The third-order valence-electron chi connectivity index (χ3n) is 5.62. The van der Waals surface area contributed by atoms with Crippen molar-refractivity contribution in [1.82, 2.24) is 0 Å². The van der Waals surface area contributed by atoms with Crippen molar-refractivity contribution in [2.24, 2.45) is 0 Å². The van der Waals surface area contributed by atoms with Crippen LogP contribution in [-0.2, 0) is 12.8 Å². The summed E-state index contributed by atoms with van der Waals surface area (Å²) in [6, 6.07) is 19.1. The van der Waals surface area contributed by atoms with Crippen LogP contribution >= 0.6 is 31.9 Å². The van der Waals surface area contributed by atoms with Gasteiger partial charge in [0.15, 0.2) is 11.6 Å². The number of ketones is 2. The Morgan fingerprint density at radius 2 is 0.969 bits per heavy atom. The van der Waals surface area contributed by atoms with Crippen LogP contribution in [0.25, 0.3) is 0 Å². The SMILES string of the molecule is CCCCc1ccc(C(=O)c2cc(Br)c(C(=O)c3ccc(CCCC)cc3)cc2Br)cc1. The Kier molecular flexibility index (Phi) is 9.01. The second-order valence-corrected chi connectivity index (χ2v) is 9.78. The molecule has 0 saturated carbocycles. The molecule has 3 rings (SSSR count). The average molecular weight is 556 g/mol. The predicted octanol–water partition coefficient (Wildman–Crippen LogP) is 8.36. The number of benzene rings is 3. The highest BCUT2D eigenvalue weighted by Crippen LogP contribution is 2.30. The average Bonchev–Trinajstić information content (AvgIpc) is 2.82. The summed E-state index contributed by atoms with van der Waals surface area (Å²) in [4.78, 5) is 26.2. The molecule has 0 heterocycles. The standard InChI is InChI=1S/C28H28Br2O2/c1-3-5-7-19-9-13-21(14-10-19)27(31)23-17-26(30)24(18-25(23)29)28(32)22-15-11-20(12-16-22)8-6-4-2/h9-18H,3-8H2,1-2H3. The fraction of sp³-hybridized carbons (Fsp3) is 0.286. The lowest BCUT2D eigenvalue weighted by molar-refractivity contribution is 0.102. The van der Waals surface area contributed by atoms with Crippen molar-refractivity contribution in [2.75, 3.05) is 0 Å². The Morgan fingerprint density at radius 3 is 1.28 bits per heavy atom. The molecule has 3 aromatic rings. The van der Waals surface area contributed by atoms with Crippen LogP contribution < -0.4 is 0 Å². The summed E-state index contributed by atoms with van der Waals surface area (Å²) in [5.74, 6) is -0.141. The van der Waals surface area contributed by atoms with Gasteiger partial charge >= 0.3 is 0 Å². The van der Waals surface area contributed by atoms with Crippen LogP contribution in [0.4, 0.5) is 0 Å². The number of carbonyl (C=O) groups excluding carboxylic acids is 2. The molecule has 0 unspecified atom stereocenters. The van der Waals surface area contributed by atoms with Gasteiger partial charge in [-0.25, -0.2) is 0 Å². The lowest BCUT2D eigenvalue weighted by Crippen LogP contribution is -2.07. The molecule has 0 aliphatic heterocycles. The van der Waals surface area contributed by atoms with E-state index in [1.807, 2.05) is 48.5 Å². The molecule has 0 fully saturated rings. The molecule has 0 aliphatic carbocycles. The first kappa shape index (κ1) is 24.6. The molecule has 166 valence electrons. The first-order valence-electron chi connectivity index (χ1n) is 11.2. The number of carbonyl (C=O) groups is 2. The van der Waals surface area contributed by atoms with E-state index in [0.717, 1.165) is 38.5 Å². The summed E-state index contributed by atoms with van der Waals surface area (Å²) in [5, 5.41) is 0. The Labute approximate surface area is 207 Å². The Hall–Kier alpha value is -2.04. The fourth-order valence-electron chi connectivity index (χ4n) is 3.61. The number of aryl methyl sites for hydroxylation is 2. The zero-order valence-electron chi connectivity index (χ0n) is 18.6. The minimum Gasteiger partial charge on any atom is -0.289 e. The summed E-state index contributed by atoms with van der Waals surface area (Å²) < 4.78 is 1.23. The molecule has 0 saturated heterocycles. The van der Waals surface area contributed by atoms with Crippen molar-refractivity contribution in [3.05, 3.63) is 103 Å². The van der Waals surface area contributed by atoms with Crippen LogP contribution in [0, 0.1) is 0 Å². The van der Waals surface area contributed by atoms with Crippen LogP contribution in [0.1, 0.15) is 82.5 Å². The van der Waals surface area contributed by atoms with Crippen LogP contribution in [-0.4, -0.2) is 11.6 Å². The zero-order valence-corrected chi connectivity index (χ0v) is 21.8. The first-order chi connectivity index (χ1) is 15.4. The summed E-state index contributed by atoms with van der Waals surface area (Å²) in [7, 11) is 0. The van der Waals surface area contributed by atoms with E-state index in [4.69, 9.17) is 0 Å². The van der Waals surface area contributed by atoms with E-state index in [-0.39, 0.29) is 11.6 Å². The molecule has 0 aliphatic rings. The number of hydrogen-bond acceptors (Lipinski definition) is 2. The van der Waals surface area contributed by atoms with Crippen molar-refractivity contribution in [1.29, 1.82) is 0 Å². The highest BCUT2D eigenvalue weighted by molar-refractivity contribution is 9.11. The topological polar surface area (TPSA) is 34.1 Å². The molecule has 4 heteroatoms. The monoisotopic (exact) mass is 554 g/mol. The number of halogens is 2. The van der Waals surface area contributed by atoms with Gasteiger partial charge in [0.2, 0.25) is 0 Å². The molecule has 3 aromatic carbocycles. The van der Waals surface area contributed by atoms with Gasteiger partial charge in [0.25, 0.3) is 0 Å². The van der Waals surface area contributed by atoms with Gasteiger partial charge in [0.1, 0.15) is 0 Å². The van der Waals surface area contributed by atoms with Gasteiger partial charge in [-0.2, -0.15) is 0 Å². The second-order valence-electron chi connectivity index (χ2n) is 8.07. The molecule has 0 radical (unpaired) electrons. The quantitative estimate of drug-likeness (QED) is 0.235. The molecular formula is C28H28Br2O2. The maximum atomic E-state index is 13.1. The number of hydrogen-bond donors (Lipinski definition) is 0. The van der Waals surface area contributed by atoms with Crippen molar-refractivity contribution in [2.45, 2.75) is 52.4 Å². The van der Waals surface area contributed by atoms with E-state index in [0.29, 0.717) is 31.2 Å². The lowest BCUT2D eigenvalue weighted by Gasteiger charge is -2.10. The van der Waals surface area contributed by atoms with Gasteiger partial charge < -0.3 is 0 Å². The van der Waals surface area contributed by atoms with Crippen molar-refractivity contribution >= 4 is 43.4 Å². The molecule has 0 N–H and O–H groups in total. The van der Waals surface area contributed by atoms with Crippen molar-refractivity contribution in [3.8, 4) is 0 Å². The van der Waals surface area contributed by atoms with E-state index in [2.05, 4.69) is 45.7 Å². The minimum absolute atomic E-state index is 0.0705. The number of unbranched alkanes of at least 4 members (excludes halogenated alkanes) is 2. The molecule has 2 nitrogen and oxygen atoms in total. The first-order valence-corrected chi connectivity index (χ1v) is 12.8. The largest absolute Gasteiger partial charge is 0.289 e. The smallest absolute Gasteiger partial charge is 0.194 e. The maximum Gasteiger partial charge on any atom is 0.194 e. The summed E-state index contributed by atoms with van der Waals surface area (Å²) in [5.41, 5.74) is 4.82. The van der Waals surface area contributed by atoms with Crippen LogP contribution in [0.3, 0.4) is 0 Å².